The molecule has 2 rings (SSSR count). The second-order valence-electron chi connectivity index (χ2n) is 10.0. The number of amides is 1. The Bertz CT molecular complexity index is 1190. The van der Waals surface area contributed by atoms with Gasteiger partial charge in [0.1, 0.15) is 11.4 Å². The van der Waals surface area contributed by atoms with Gasteiger partial charge in [0.05, 0.1) is 4.88 Å². The fraction of sp³-hybridized carbons (Fsp3) is 0.478. The van der Waals surface area contributed by atoms with E-state index in [-0.39, 0.29) is 11.0 Å². The molecule has 194 valence electrons. The Morgan fingerprint density at radius 1 is 0.886 bits per heavy atom. The molecule has 0 aliphatic carbocycles. The molecule has 0 fully saturated rings. The third-order valence-electron chi connectivity index (χ3n) is 4.66. The van der Waals surface area contributed by atoms with Crippen molar-refractivity contribution < 1.29 is 40.1 Å². The summed E-state index contributed by atoms with van der Waals surface area (Å²) in [5.41, 5.74) is -8.31. The highest BCUT2D eigenvalue weighted by Gasteiger charge is 2.48. The molecule has 0 saturated carbocycles. The van der Waals surface area contributed by atoms with Gasteiger partial charge in [-0.3, -0.25) is 4.79 Å². The molecule has 0 unspecified atom stereocenters. The van der Waals surface area contributed by atoms with Crippen LogP contribution in [0.4, 0.5) is 13.2 Å². The van der Waals surface area contributed by atoms with Gasteiger partial charge in [0.2, 0.25) is 0 Å². The lowest BCUT2D eigenvalue weighted by Crippen LogP contribution is -2.51. The predicted octanol–water partition coefficient (Wildman–Crippen LogP) is 5.26. The number of carbonyl (C=O) groups excluding carboxylic acids is 2. The van der Waals surface area contributed by atoms with E-state index >= 15 is 0 Å². The summed E-state index contributed by atoms with van der Waals surface area (Å²) < 4.78 is 70.0. The number of ether oxygens (including phenoxy) is 1. The summed E-state index contributed by atoms with van der Waals surface area (Å²) in [7, 11) is -5.86. The number of rotatable bonds is 6. The molecule has 1 amide bonds. The first-order chi connectivity index (χ1) is 15.7. The lowest BCUT2D eigenvalue weighted by molar-refractivity contribution is -0.162. The fourth-order valence-corrected chi connectivity index (χ4v) is 4.21. The number of hydrogen-bond acceptors (Lipinski definition) is 7. The van der Waals surface area contributed by atoms with Crippen molar-refractivity contribution in [3.05, 3.63) is 51.7 Å². The number of carbonyl (C=O) groups is 2. The van der Waals surface area contributed by atoms with Gasteiger partial charge >= 0.3 is 21.6 Å². The maximum atomic E-state index is 13.1. The molecule has 0 aliphatic heterocycles. The average molecular weight is 536 g/mol. The van der Waals surface area contributed by atoms with Gasteiger partial charge in [-0.2, -0.15) is 21.6 Å². The number of nitrogens with one attached hydrogen (secondary N) is 1. The van der Waals surface area contributed by atoms with Gasteiger partial charge in [0.25, 0.3) is 5.91 Å². The first kappa shape index (κ1) is 28.6. The van der Waals surface area contributed by atoms with Gasteiger partial charge in [0, 0.05) is 4.88 Å². The summed E-state index contributed by atoms with van der Waals surface area (Å²) in [6.07, 6.45) is 0. The van der Waals surface area contributed by atoms with E-state index in [9.17, 15) is 31.2 Å². The van der Waals surface area contributed by atoms with Crippen molar-refractivity contribution in [2.24, 2.45) is 0 Å². The highest BCUT2D eigenvalue weighted by molar-refractivity contribution is 7.88. The Labute approximate surface area is 206 Å². The van der Waals surface area contributed by atoms with Crippen LogP contribution in [0.25, 0.3) is 0 Å². The topological polar surface area (TPSA) is 98.8 Å². The highest BCUT2D eigenvalue weighted by atomic mass is 32.2. The van der Waals surface area contributed by atoms with Crippen LogP contribution in [0, 0.1) is 0 Å². The number of halogens is 3. The second-order valence-corrected chi connectivity index (χ2v) is 12.6. The third kappa shape index (κ3) is 6.97. The number of esters is 1. The van der Waals surface area contributed by atoms with E-state index in [1.54, 1.807) is 26.8 Å². The summed E-state index contributed by atoms with van der Waals surface area (Å²) >= 11 is 1.26. The summed E-state index contributed by atoms with van der Waals surface area (Å²) in [5, 5.41) is 2.66. The quantitative estimate of drug-likeness (QED) is 0.308. The molecule has 0 saturated heterocycles. The molecule has 1 aromatic heterocycles. The van der Waals surface area contributed by atoms with Crippen LogP contribution in [0.3, 0.4) is 0 Å². The minimum absolute atomic E-state index is 0.143. The Hall–Kier alpha value is -2.60. The molecule has 0 aliphatic rings. The van der Waals surface area contributed by atoms with Crippen LogP contribution in [0.5, 0.6) is 5.75 Å². The van der Waals surface area contributed by atoms with Gasteiger partial charge in [-0.15, -0.1) is 11.3 Å². The van der Waals surface area contributed by atoms with Crippen LogP contribution < -0.4 is 9.50 Å². The fourth-order valence-electron chi connectivity index (χ4n) is 2.79. The third-order valence-corrected chi connectivity index (χ3v) is 7.15. The monoisotopic (exact) mass is 535 g/mol. The van der Waals surface area contributed by atoms with Crippen LogP contribution in [0.2, 0.25) is 0 Å². The molecule has 7 nitrogen and oxygen atoms in total. The summed E-state index contributed by atoms with van der Waals surface area (Å²) in [5.74, 6) is -1.99. The number of hydrogen-bond donors (Lipinski definition) is 1. The molecular formula is C23H28F3NO6S2. The van der Waals surface area contributed by atoms with E-state index in [2.05, 4.69) is 9.50 Å². The van der Waals surface area contributed by atoms with Crippen molar-refractivity contribution in [3.63, 3.8) is 0 Å². The molecule has 1 N–H and O–H groups in total. The maximum Gasteiger partial charge on any atom is 0.534 e. The molecule has 35 heavy (non-hydrogen) atoms. The van der Waals surface area contributed by atoms with E-state index in [0.717, 1.165) is 17.0 Å². The standard InChI is InChI=1S/C23H28F3NO6S2/c1-20(2,3)17-13-12-16(34-17)18(28)27-22(7,19(29)32-21(4,5)6)14-8-10-15(11-9-14)33-35(30,31)23(24,25)26/h8-13H,1-7H3,(H,27,28)/t22-/m0/s1. The normalized spacial score (nSPS) is 14.7. The molecule has 2 aromatic rings. The number of benzene rings is 1. The first-order valence-corrected chi connectivity index (χ1v) is 12.7. The molecule has 12 heteroatoms. The zero-order chi connectivity index (χ0) is 27.0. The molecule has 0 spiro atoms. The van der Waals surface area contributed by atoms with Crippen molar-refractivity contribution in [3.8, 4) is 5.75 Å². The van der Waals surface area contributed by atoms with E-state index < -0.39 is 44.4 Å². The molecular weight excluding hydrogens is 507 g/mol. The summed E-state index contributed by atoms with van der Waals surface area (Å²) in [6.45, 7) is 12.3. The minimum atomic E-state index is -5.86. The van der Waals surface area contributed by atoms with Crippen LogP contribution in [-0.4, -0.2) is 31.4 Å². The van der Waals surface area contributed by atoms with Gasteiger partial charge in [-0.05, 0) is 62.9 Å². The van der Waals surface area contributed by atoms with Crippen LogP contribution in [0.1, 0.15) is 68.6 Å². The highest BCUT2D eigenvalue weighted by Crippen LogP contribution is 2.32. The van der Waals surface area contributed by atoms with E-state index in [1.807, 2.05) is 26.8 Å². The Balaban J connectivity index is 2.43. The number of alkyl halides is 3. The van der Waals surface area contributed by atoms with E-state index in [4.69, 9.17) is 4.74 Å². The van der Waals surface area contributed by atoms with E-state index in [1.165, 1.54) is 30.4 Å². The van der Waals surface area contributed by atoms with Crippen molar-refractivity contribution in [2.75, 3.05) is 0 Å². The van der Waals surface area contributed by atoms with Crippen LogP contribution in [-0.2, 0) is 30.6 Å². The average Bonchev–Trinajstić information content (AvgIpc) is 3.16. The Morgan fingerprint density at radius 3 is 1.86 bits per heavy atom. The lowest BCUT2D eigenvalue weighted by atomic mass is 9.91. The maximum absolute atomic E-state index is 13.1. The minimum Gasteiger partial charge on any atom is -0.458 e. The second kappa shape index (κ2) is 9.45. The Morgan fingerprint density at radius 2 is 1.43 bits per heavy atom. The largest absolute Gasteiger partial charge is 0.534 e. The van der Waals surface area contributed by atoms with Crippen molar-refractivity contribution in [2.45, 2.75) is 70.5 Å². The summed E-state index contributed by atoms with van der Waals surface area (Å²) in [4.78, 5) is 27.5. The van der Waals surface area contributed by atoms with Gasteiger partial charge < -0.3 is 14.2 Å². The van der Waals surface area contributed by atoms with Crippen molar-refractivity contribution in [1.29, 1.82) is 0 Å². The molecule has 0 bridgehead atoms. The van der Waals surface area contributed by atoms with Crippen LogP contribution in [0.15, 0.2) is 36.4 Å². The van der Waals surface area contributed by atoms with Gasteiger partial charge in [-0.25, -0.2) is 4.79 Å². The molecule has 1 atom stereocenters. The SMILES string of the molecule is CC(C)(C)OC(=O)[C@@](C)(NC(=O)c1ccc(C(C)(C)C)s1)c1ccc(OS(=O)(=O)C(F)(F)F)cc1. The lowest BCUT2D eigenvalue weighted by Gasteiger charge is -2.32. The zero-order valence-electron chi connectivity index (χ0n) is 20.4. The summed E-state index contributed by atoms with van der Waals surface area (Å²) in [6, 6.07) is 7.72. The Kier molecular flexibility index (Phi) is 7.74. The van der Waals surface area contributed by atoms with Gasteiger partial charge in [0.15, 0.2) is 5.54 Å². The van der Waals surface area contributed by atoms with Crippen molar-refractivity contribution >= 4 is 33.3 Å². The number of thiophene rings is 1. The van der Waals surface area contributed by atoms with Gasteiger partial charge in [-0.1, -0.05) is 32.9 Å². The van der Waals surface area contributed by atoms with E-state index in [0.29, 0.717) is 4.88 Å². The first-order valence-electron chi connectivity index (χ1n) is 10.4. The molecule has 1 aromatic carbocycles. The van der Waals surface area contributed by atoms with Crippen LogP contribution >= 0.6 is 11.3 Å². The van der Waals surface area contributed by atoms with Crippen molar-refractivity contribution in [1.82, 2.24) is 5.32 Å². The zero-order valence-corrected chi connectivity index (χ0v) is 22.0. The smallest absolute Gasteiger partial charge is 0.458 e. The molecule has 1 heterocycles. The predicted molar refractivity (Wildman–Crippen MR) is 126 cm³/mol. The molecule has 0 radical (unpaired) electrons.